The highest BCUT2D eigenvalue weighted by atomic mass is 32.1. The second kappa shape index (κ2) is 7.96. The molecule has 0 unspecified atom stereocenters. The van der Waals surface area contributed by atoms with Gasteiger partial charge in [0.1, 0.15) is 0 Å². The maximum atomic E-state index is 2.26. The van der Waals surface area contributed by atoms with Crippen LogP contribution in [0.1, 0.15) is 39.0 Å². The zero-order chi connectivity index (χ0) is 14.3. The van der Waals surface area contributed by atoms with Crippen molar-refractivity contribution in [2.24, 2.45) is 0 Å². The third-order valence-electron chi connectivity index (χ3n) is 2.53. The van der Waals surface area contributed by atoms with Gasteiger partial charge in [0.25, 0.3) is 0 Å². The van der Waals surface area contributed by atoms with Crippen molar-refractivity contribution in [3.8, 4) is 0 Å². The summed E-state index contributed by atoms with van der Waals surface area (Å²) < 4.78 is 1.42. The van der Waals surface area contributed by atoms with Crippen LogP contribution in [0.3, 0.4) is 0 Å². The largest absolute Gasteiger partial charge is 0.140 e. The first-order valence-corrected chi connectivity index (χ1v) is 7.95. The van der Waals surface area contributed by atoms with Gasteiger partial charge >= 0.3 is 0 Å². The van der Waals surface area contributed by atoms with Crippen molar-refractivity contribution >= 4 is 32.2 Å². The van der Waals surface area contributed by atoms with Crippen LogP contribution in [0.4, 0.5) is 0 Å². The Labute approximate surface area is 121 Å². The van der Waals surface area contributed by atoms with Crippen molar-refractivity contribution in [1.82, 2.24) is 0 Å². The van der Waals surface area contributed by atoms with E-state index in [9.17, 15) is 0 Å². The Kier molecular flexibility index (Phi) is 6.58. The fourth-order valence-electron chi connectivity index (χ4n) is 1.90. The molecule has 0 saturated carbocycles. The lowest BCUT2D eigenvalue weighted by Gasteiger charge is -1.97. The van der Waals surface area contributed by atoms with Crippen LogP contribution in [-0.4, -0.2) is 0 Å². The lowest BCUT2D eigenvalue weighted by atomic mass is 10.1. The van der Waals surface area contributed by atoms with Gasteiger partial charge in [0, 0.05) is 9.58 Å². The normalized spacial score (nSPS) is 9.53. The van der Waals surface area contributed by atoms with Gasteiger partial charge in [0.05, 0.1) is 0 Å². The summed E-state index contributed by atoms with van der Waals surface area (Å²) in [4.78, 5) is 1.39. The van der Waals surface area contributed by atoms with E-state index < -0.39 is 0 Å². The van der Waals surface area contributed by atoms with Gasteiger partial charge < -0.3 is 0 Å². The Bertz CT molecular complexity index is 620. The molecule has 3 aromatic rings. The molecule has 1 aromatic heterocycles. The van der Waals surface area contributed by atoms with E-state index in [0.29, 0.717) is 0 Å². The highest BCUT2D eigenvalue weighted by Gasteiger charge is 2.02. The summed E-state index contributed by atoms with van der Waals surface area (Å²) in [7, 11) is 0. The number of rotatable bonds is 0. The first kappa shape index (κ1) is 15.7. The second-order valence-corrected chi connectivity index (χ2v) is 5.53. The smallest absolute Gasteiger partial charge is 0.0423 e. The molecule has 0 fully saturated rings. The zero-order valence-corrected chi connectivity index (χ0v) is 13.5. The Morgan fingerprint density at radius 2 is 1.47 bits per heavy atom. The third-order valence-corrected chi connectivity index (χ3v) is 3.63. The molecule has 0 aliphatic carbocycles. The predicted molar refractivity (Wildman–Crippen MR) is 91.4 cm³/mol. The summed E-state index contributed by atoms with van der Waals surface area (Å²) in [5.41, 5.74) is 0. The highest BCUT2D eigenvalue weighted by molar-refractivity contribution is 7.20. The topological polar surface area (TPSA) is 0 Å². The maximum Gasteiger partial charge on any atom is 0.0423 e. The standard InChI is InChI=1S/C13H10S.C3H8.C2H6/c1-9-8-11-7-6-10-4-2-3-5-12(10)13(11)14-9;1-3-2;1-2/h2-8H,1H3;3H2,1-2H3;1-2H3. The lowest BCUT2D eigenvalue weighted by molar-refractivity contribution is 1.09. The molecular formula is C18H24S. The number of hydrogen-bond acceptors (Lipinski definition) is 1. The van der Waals surface area contributed by atoms with Crippen molar-refractivity contribution in [3.05, 3.63) is 47.3 Å². The summed E-state index contributed by atoms with van der Waals surface area (Å²) in [6, 6.07) is 15.2. The minimum Gasteiger partial charge on any atom is -0.140 e. The summed E-state index contributed by atoms with van der Waals surface area (Å²) in [6.07, 6.45) is 1.25. The fourth-order valence-corrected chi connectivity index (χ4v) is 2.95. The van der Waals surface area contributed by atoms with Crippen LogP contribution in [0.15, 0.2) is 42.5 Å². The quantitative estimate of drug-likeness (QED) is 0.422. The summed E-state index contributed by atoms with van der Waals surface area (Å²) in [5, 5.41) is 4.08. The Balaban J connectivity index is 0.000000321. The van der Waals surface area contributed by atoms with E-state index in [0.717, 1.165) is 0 Å². The van der Waals surface area contributed by atoms with Gasteiger partial charge in [-0.25, -0.2) is 0 Å². The Morgan fingerprint density at radius 1 is 0.895 bits per heavy atom. The molecule has 3 rings (SSSR count). The lowest BCUT2D eigenvalue weighted by Crippen LogP contribution is -1.70. The highest BCUT2D eigenvalue weighted by Crippen LogP contribution is 2.31. The molecule has 0 N–H and O–H groups in total. The summed E-state index contributed by atoms with van der Waals surface area (Å²) >= 11 is 1.88. The molecule has 0 bridgehead atoms. The second-order valence-electron chi connectivity index (χ2n) is 4.27. The molecule has 0 saturated heterocycles. The van der Waals surface area contributed by atoms with E-state index in [-0.39, 0.29) is 0 Å². The number of fused-ring (bicyclic) bond motifs is 3. The molecule has 0 radical (unpaired) electrons. The van der Waals surface area contributed by atoms with Gasteiger partial charge in [-0.15, -0.1) is 11.3 Å². The van der Waals surface area contributed by atoms with E-state index in [1.54, 1.807) is 0 Å². The van der Waals surface area contributed by atoms with Crippen LogP contribution in [0.5, 0.6) is 0 Å². The van der Waals surface area contributed by atoms with Crippen molar-refractivity contribution < 1.29 is 0 Å². The number of hydrogen-bond donors (Lipinski definition) is 0. The van der Waals surface area contributed by atoms with Gasteiger partial charge in [-0.3, -0.25) is 0 Å². The van der Waals surface area contributed by atoms with E-state index >= 15 is 0 Å². The van der Waals surface area contributed by atoms with Crippen LogP contribution < -0.4 is 0 Å². The first-order chi connectivity index (χ1) is 9.26. The minimum absolute atomic E-state index is 1.25. The van der Waals surface area contributed by atoms with Crippen molar-refractivity contribution in [1.29, 1.82) is 0 Å². The molecule has 0 aliphatic rings. The molecule has 1 heterocycles. The maximum absolute atomic E-state index is 2.26. The van der Waals surface area contributed by atoms with E-state index in [2.05, 4.69) is 63.2 Å². The van der Waals surface area contributed by atoms with Crippen LogP contribution in [-0.2, 0) is 0 Å². The molecular weight excluding hydrogens is 248 g/mol. The molecule has 0 amide bonds. The molecule has 102 valence electrons. The third kappa shape index (κ3) is 3.81. The van der Waals surface area contributed by atoms with Crippen LogP contribution >= 0.6 is 11.3 Å². The molecule has 0 spiro atoms. The average molecular weight is 272 g/mol. The van der Waals surface area contributed by atoms with Gasteiger partial charge in [0.2, 0.25) is 0 Å². The van der Waals surface area contributed by atoms with Gasteiger partial charge in [-0.2, -0.15) is 0 Å². The monoisotopic (exact) mass is 272 g/mol. The summed E-state index contributed by atoms with van der Waals surface area (Å²) in [5.74, 6) is 0. The molecule has 0 aliphatic heterocycles. The van der Waals surface area contributed by atoms with Crippen LogP contribution in [0.25, 0.3) is 20.9 Å². The molecule has 0 nitrogen and oxygen atoms in total. The average Bonchev–Trinajstić information content (AvgIpc) is 2.83. The number of thiophene rings is 1. The molecule has 0 atom stereocenters. The number of aryl methyl sites for hydroxylation is 1. The van der Waals surface area contributed by atoms with Crippen LogP contribution in [0, 0.1) is 6.92 Å². The van der Waals surface area contributed by atoms with Crippen molar-refractivity contribution in [3.63, 3.8) is 0 Å². The minimum atomic E-state index is 1.25. The van der Waals surface area contributed by atoms with Crippen LogP contribution in [0.2, 0.25) is 0 Å². The Hall–Kier alpha value is -1.34. The van der Waals surface area contributed by atoms with Gasteiger partial charge in [-0.05, 0) is 29.1 Å². The van der Waals surface area contributed by atoms with E-state index in [1.165, 1.54) is 32.2 Å². The first-order valence-electron chi connectivity index (χ1n) is 7.14. The summed E-state index contributed by atoms with van der Waals surface area (Å²) in [6.45, 7) is 10.4. The zero-order valence-electron chi connectivity index (χ0n) is 12.7. The fraction of sp³-hybridized carbons (Fsp3) is 0.333. The van der Waals surface area contributed by atoms with Gasteiger partial charge in [0.15, 0.2) is 0 Å². The SMILES string of the molecule is CC.CCC.Cc1cc2ccc3ccccc3c2s1. The molecule has 2 aromatic carbocycles. The van der Waals surface area contributed by atoms with Gasteiger partial charge in [-0.1, -0.05) is 70.5 Å². The predicted octanol–water partition coefficient (Wildman–Crippen LogP) is 6.81. The van der Waals surface area contributed by atoms with Crippen molar-refractivity contribution in [2.75, 3.05) is 0 Å². The number of benzene rings is 2. The van der Waals surface area contributed by atoms with Crippen molar-refractivity contribution in [2.45, 2.75) is 41.0 Å². The molecule has 1 heteroatoms. The van der Waals surface area contributed by atoms with E-state index in [4.69, 9.17) is 0 Å². The Morgan fingerprint density at radius 3 is 2.16 bits per heavy atom. The van der Waals surface area contributed by atoms with E-state index in [1.807, 2.05) is 25.2 Å². The molecule has 19 heavy (non-hydrogen) atoms.